The van der Waals surface area contributed by atoms with Crippen molar-refractivity contribution in [2.24, 2.45) is 0 Å². The zero-order chi connectivity index (χ0) is 12.0. The highest BCUT2D eigenvalue weighted by molar-refractivity contribution is 6.42. The molecular formula is C11H12Cl2O3. The lowest BCUT2D eigenvalue weighted by Crippen LogP contribution is -2.00. The summed E-state index contributed by atoms with van der Waals surface area (Å²) < 4.78 is 5.39. The minimum absolute atomic E-state index is 0.159. The van der Waals surface area contributed by atoms with Gasteiger partial charge in [0.25, 0.3) is 0 Å². The van der Waals surface area contributed by atoms with Crippen LogP contribution in [0.3, 0.4) is 0 Å². The van der Waals surface area contributed by atoms with Crippen molar-refractivity contribution in [1.29, 1.82) is 0 Å². The van der Waals surface area contributed by atoms with E-state index < -0.39 is 5.97 Å². The Labute approximate surface area is 104 Å². The second-order valence-electron chi connectivity index (χ2n) is 3.25. The summed E-state index contributed by atoms with van der Waals surface area (Å²) in [5.74, 6) is -0.259. The average molecular weight is 263 g/mol. The molecule has 5 heteroatoms. The van der Waals surface area contributed by atoms with E-state index in [-0.39, 0.29) is 6.42 Å². The lowest BCUT2D eigenvalue weighted by molar-refractivity contribution is -0.137. The van der Waals surface area contributed by atoms with E-state index >= 15 is 0 Å². The van der Waals surface area contributed by atoms with E-state index in [0.29, 0.717) is 35.2 Å². The van der Waals surface area contributed by atoms with Crippen molar-refractivity contribution in [3.8, 4) is 5.75 Å². The highest BCUT2D eigenvalue weighted by Crippen LogP contribution is 2.31. The van der Waals surface area contributed by atoms with Crippen molar-refractivity contribution in [2.45, 2.75) is 19.3 Å². The summed E-state index contributed by atoms with van der Waals surface area (Å²) in [6, 6.07) is 5.16. The van der Waals surface area contributed by atoms with Gasteiger partial charge in [0.15, 0.2) is 0 Å². The summed E-state index contributed by atoms with van der Waals surface area (Å²) in [6.07, 6.45) is 1.43. The van der Waals surface area contributed by atoms with Crippen LogP contribution in [-0.2, 0) is 4.79 Å². The number of aliphatic carboxylic acids is 1. The summed E-state index contributed by atoms with van der Waals surface area (Å²) in [4.78, 5) is 10.3. The smallest absolute Gasteiger partial charge is 0.303 e. The van der Waals surface area contributed by atoms with Crippen molar-refractivity contribution in [3.63, 3.8) is 0 Å². The normalized spacial score (nSPS) is 10.1. The van der Waals surface area contributed by atoms with Crippen molar-refractivity contribution in [1.82, 2.24) is 0 Å². The number of hydrogen-bond acceptors (Lipinski definition) is 2. The third kappa shape index (κ3) is 4.29. The Bertz CT molecular complexity index is 366. The largest absolute Gasteiger partial charge is 0.492 e. The van der Waals surface area contributed by atoms with E-state index in [2.05, 4.69) is 0 Å². The Morgan fingerprint density at radius 3 is 2.75 bits per heavy atom. The average Bonchev–Trinajstić information content (AvgIpc) is 2.23. The second kappa shape index (κ2) is 6.61. The highest BCUT2D eigenvalue weighted by atomic mass is 35.5. The van der Waals surface area contributed by atoms with Gasteiger partial charge in [-0.05, 0) is 25.0 Å². The van der Waals surface area contributed by atoms with Crippen LogP contribution in [-0.4, -0.2) is 17.7 Å². The van der Waals surface area contributed by atoms with E-state index in [1.165, 1.54) is 0 Å². The fraction of sp³-hybridized carbons (Fsp3) is 0.364. The minimum atomic E-state index is -0.791. The number of ether oxygens (including phenoxy) is 1. The lowest BCUT2D eigenvalue weighted by Gasteiger charge is -2.08. The molecule has 0 aliphatic heterocycles. The maximum absolute atomic E-state index is 10.3. The van der Waals surface area contributed by atoms with E-state index in [1.54, 1.807) is 18.2 Å². The molecule has 0 aliphatic rings. The third-order valence-electron chi connectivity index (χ3n) is 1.96. The van der Waals surface area contributed by atoms with Crippen molar-refractivity contribution < 1.29 is 14.6 Å². The molecule has 1 rings (SSSR count). The van der Waals surface area contributed by atoms with Gasteiger partial charge in [-0.15, -0.1) is 0 Å². The first-order valence-corrected chi connectivity index (χ1v) is 5.65. The molecule has 1 N–H and O–H groups in total. The van der Waals surface area contributed by atoms with Crippen LogP contribution in [0.15, 0.2) is 18.2 Å². The van der Waals surface area contributed by atoms with Crippen molar-refractivity contribution >= 4 is 29.2 Å². The molecule has 0 saturated carbocycles. The molecule has 0 radical (unpaired) electrons. The first kappa shape index (κ1) is 13.1. The number of benzene rings is 1. The predicted octanol–water partition coefficient (Wildman–Crippen LogP) is 3.63. The molecule has 1 aromatic carbocycles. The number of carboxylic acid groups (broad SMARTS) is 1. The molecule has 0 bridgehead atoms. The summed E-state index contributed by atoms with van der Waals surface area (Å²) >= 11 is 11.7. The molecule has 0 aromatic heterocycles. The number of carboxylic acids is 1. The number of hydrogen-bond donors (Lipinski definition) is 1. The van der Waals surface area contributed by atoms with Crippen LogP contribution in [0, 0.1) is 0 Å². The van der Waals surface area contributed by atoms with Gasteiger partial charge in [0.05, 0.1) is 11.6 Å². The molecule has 1 aromatic rings. The molecule has 0 aliphatic carbocycles. The van der Waals surface area contributed by atoms with Crippen LogP contribution in [0.2, 0.25) is 10.0 Å². The van der Waals surface area contributed by atoms with Gasteiger partial charge in [0.1, 0.15) is 10.8 Å². The highest BCUT2D eigenvalue weighted by Gasteiger charge is 2.05. The first-order valence-electron chi connectivity index (χ1n) is 4.90. The van der Waals surface area contributed by atoms with Crippen LogP contribution in [0.1, 0.15) is 19.3 Å². The zero-order valence-electron chi connectivity index (χ0n) is 8.58. The van der Waals surface area contributed by atoms with E-state index in [4.69, 9.17) is 33.0 Å². The molecule has 16 heavy (non-hydrogen) atoms. The standard InChI is InChI=1S/C11H12Cl2O3/c12-8-4-3-5-9(11(8)13)16-7-2-1-6-10(14)15/h3-5H,1-2,6-7H2,(H,14,15). The topological polar surface area (TPSA) is 46.5 Å². The monoisotopic (exact) mass is 262 g/mol. The van der Waals surface area contributed by atoms with Gasteiger partial charge in [-0.2, -0.15) is 0 Å². The summed E-state index contributed by atoms with van der Waals surface area (Å²) in [7, 11) is 0. The molecule has 0 unspecified atom stereocenters. The van der Waals surface area contributed by atoms with E-state index in [1.807, 2.05) is 0 Å². The minimum Gasteiger partial charge on any atom is -0.492 e. The fourth-order valence-electron chi connectivity index (χ4n) is 1.16. The van der Waals surface area contributed by atoms with Gasteiger partial charge in [-0.25, -0.2) is 0 Å². The number of unbranched alkanes of at least 4 members (excludes halogenated alkanes) is 1. The van der Waals surface area contributed by atoms with Crippen LogP contribution >= 0.6 is 23.2 Å². The quantitative estimate of drug-likeness (QED) is 0.797. The van der Waals surface area contributed by atoms with Crippen molar-refractivity contribution in [3.05, 3.63) is 28.2 Å². The van der Waals surface area contributed by atoms with E-state index in [0.717, 1.165) is 0 Å². The Balaban J connectivity index is 2.32. The van der Waals surface area contributed by atoms with Crippen molar-refractivity contribution in [2.75, 3.05) is 6.61 Å². The van der Waals surface area contributed by atoms with Crippen LogP contribution < -0.4 is 4.74 Å². The van der Waals surface area contributed by atoms with Crippen LogP contribution in [0.4, 0.5) is 0 Å². The molecular weight excluding hydrogens is 251 g/mol. The SMILES string of the molecule is O=C(O)CCCCOc1cccc(Cl)c1Cl. The predicted molar refractivity (Wildman–Crippen MR) is 63.4 cm³/mol. The van der Waals surface area contributed by atoms with Gasteiger partial charge in [0.2, 0.25) is 0 Å². The van der Waals surface area contributed by atoms with Gasteiger partial charge >= 0.3 is 5.97 Å². The summed E-state index contributed by atoms with van der Waals surface area (Å²) in [5.41, 5.74) is 0. The molecule has 0 fully saturated rings. The fourth-order valence-corrected chi connectivity index (χ4v) is 1.50. The summed E-state index contributed by atoms with van der Waals surface area (Å²) in [5, 5.41) is 9.27. The molecule has 0 heterocycles. The second-order valence-corrected chi connectivity index (χ2v) is 4.04. The molecule has 0 spiro atoms. The third-order valence-corrected chi connectivity index (χ3v) is 2.76. The van der Waals surface area contributed by atoms with Crippen LogP contribution in [0.25, 0.3) is 0 Å². The summed E-state index contributed by atoms with van der Waals surface area (Å²) in [6.45, 7) is 0.438. The molecule has 0 atom stereocenters. The maximum atomic E-state index is 10.3. The number of rotatable bonds is 6. The Morgan fingerprint density at radius 2 is 2.06 bits per heavy atom. The van der Waals surface area contributed by atoms with Crippen LogP contribution in [0.5, 0.6) is 5.75 Å². The number of halogens is 2. The maximum Gasteiger partial charge on any atom is 0.303 e. The number of carbonyl (C=O) groups is 1. The lowest BCUT2D eigenvalue weighted by atomic mass is 10.2. The Kier molecular flexibility index (Phi) is 5.43. The van der Waals surface area contributed by atoms with Gasteiger partial charge in [0, 0.05) is 6.42 Å². The molecule has 88 valence electrons. The zero-order valence-corrected chi connectivity index (χ0v) is 10.1. The Morgan fingerprint density at radius 1 is 1.31 bits per heavy atom. The van der Waals surface area contributed by atoms with Gasteiger partial charge < -0.3 is 9.84 Å². The van der Waals surface area contributed by atoms with Gasteiger partial charge in [-0.1, -0.05) is 29.3 Å². The first-order chi connectivity index (χ1) is 7.61. The molecule has 3 nitrogen and oxygen atoms in total. The van der Waals surface area contributed by atoms with Gasteiger partial charge in [-0.3, -0.25) is 4.79 Å². The molecule has 0 saturated heterocycles. The molecule has 0 amide bonds. The van der Waals surface area contributed by atoms with E-state index in [9.17, 15) is 4.79 Å². The Hall–Kier alpha value is -0.930.